The van der Waals surface area contributed by atoms with E-state index in [1.165, 1.54) is 17.2 Å². The molecule has 0 saturated carbocycles. The molecular weight excluding hydrogens is 362 g/mol. The van der Waals surface area contributed by atoms with Crippen LogP contribution in [-0.4, -0.2) is 21.8 Å². The Morgan fingerprint density at radius 2 is 1.76 bits per heavy atom. The van der Waals surface area contributed by atoms with E-state index in [0.29, 0.717) is 0 Å². The van der Waals surface area contributed by atoms with Gasteiger partial charge in [0, 0.05) is 29.2 Å². The summed E-state index contributed by atoms with van der Waals surface area (Å²) >= 11 is 0. The van der Waals surface area contributed by atoms with Gasteiger partial charge in [-0.1, -0.05) is 54.6 Å². The van der Waals surface area contributed by atoms with E-state index in [1.807, 2.05) is 36.5 Å². The van der Waals surface area contributed by atoms with Gasteiger partial charge in [0.15, 0.2) is 0 Å². The average molecular weight is 383 g/mol. The number of amides is 1. The summed E-state index contributed by atoms with van der Waals surface area (Å²) in [4.78, 5) is 12.2. The van der Waals surface area contributed by atoms with Gasteiger partial charge in [-0.3, -0.25) is 4.79 Å². The first-order valence-electron chi connectivity index (χ1n) is 9.37. The monoisotopic (exact) mass is 383 g/mol. The molecule has 0 fully saturated rings. The van der Waals surface area contributed by atoms with Crippen LogP contribution in [0.5, 0.6) is 5.75 Å². The number of rotatable bonds is 5. The third-order valence-corrected chi connectivity index (χ3v) is 4.94. The number of benzene rings is 3. The second-order valence-corrected chi connectivity index (χ2v) is 6.87. The van der Waals surface area contributed by atoms with Crippen molar-refractivity contribution in [2.75, 3.05) is 0 Å². The largest absolute Gasteiger partial charge is 0.507 e. The standard InChI is InChI=1S/C24H21N3O2/c1-17-8-2-3-9-18(17)15-27-16-19(20-10-4-6-12-22(20)27)14-25-26-24(29)21-11-5-7-13-23(21)28/h2-14,16,28H,15H2,1H3,(H,26,29)/b25-14+. The lowest BCUT2D eigenvalue weighted by molar-refractivity contribution is 0.0952. The molecule has 1 amide bonds. The zero-order chi connectivity index (χ0) is 20.2. The number of aromatic nitrogens is 1. The normalized spacial score (nSPS) is 11.2. The Balaban J connectivity index is 1.59. The average Bonchev–Trinajstić information content (AvgIpc) is 3.08. The molecule has 0 bridgehead atoms. The highest BCUT2D eigenvalue weighted by atomic mass is 16.3. The molecule has 29 heavy (non-hydrogen) atoms. The van der Waals surface area contributed by atoms with Gasteiger partial charge in [-0.05, 0) is 36.2 Å². The third kappa shape index (κ3) is 3.89. The fourth-order valence-corrected chi connectivity index (χ4v) is 3.37. The van der Waals surface area contributed by atoms with E-state index >= 15 is 0 Å². The van der Waals surface area contributed by atoms with Gasteiger partial charge in [-0.2, -0.15) is 5.10 Å². The van der Waals surface area contributed by atoms with Gasteiger partial charge in [0.25, 0.3) is 5.91 Å². The van der Waals surface area contributed by atoms with Crippen molar-refractivity contribution < 1.29 is 9.90 Å². The summed E-state index contributed by atoms with van der Waals surface area (Å²) in [5.41, 5.74) is 7.18. The number of carbonyl (C=O) groups is 1. The fourth-order valence-electron chi connectivity index (χ4n) is 3.37. The van der Waals surface area contributed by atoms with E-state index in [-0.39, 0.29) is 11.3 Å². The van der Waals surface area contributed by atoms with Gasteiger partial charge in [0.05, 0.1) is 11.8 Å². The molecule has 1 aromatic heterocycles. The minimum atomic E-state index is -0.456. The number of nitrogens with zero attached hydrogens (tertiary/aromatic N) is 2. The number of carbonyl (C=O) groups excluding carboxylic acids is 1. The number of aryl methyl sites for hydroxylation is 1. The number of hydrogen-bond donors (Lipinski definition) is 2. The van der Waals surface area contributed by atoms with E-state index < -0.39 is 5.91 Å². The summed E-state index contributed by atoms with van der Waals surface area (Å²) < 4.78 is 2.18. The summed E-state index contributed by atoms with van der Waals surface area (Å²) in [6, 6.07) is 22.8. The van der Waals surface area contributed by atoms with Crippen LogP contribution in [0.2, 0.25) is 0 Å². The summed E-state index contributed by atoms with van der Waals surface area (Å²) in [5, 5.41) is 14.9. The lowest BCUT2D eigenvalue weighted by Crippen LogP contribution is -2.17. The summed E-state index contributed by atoms with van der Waals surface area (Å²) in [5.74, 6) is -0.530. The number of hydrogen-bond acceptors (Lipinski definition) is 3. The topological polar surface area (TPSA) is 66.6 Å². The Morgan fingerprint density at radius 3 is 2.59 bits per heavy atom. The summed E-state index contributed by atoms with van der Waals surface area (Å²) in [6.45, 7) is 2.86. The van der Waals surface area contributed by atoms with E-state index in [9.17, 15) is 9.90 Å². The van der Waals surface area contributed by atoms with Crippen LogP contribution in [0.15, 0.2) is 84.1 Å². The zero-order valence-corrected chi connectivity index (χ0v) is 16.0. The molecule has 0 radical (unpaired) electrons. The lowest BCUT2D eigenvalue weighted by Gasteiger charge is -2.08. The maximum Gasteiger partial charge on any atom is 0.275 e. The van der Waals surface area contributed by atoms with Crippen LogP contribution in [0.4, 0.5) is 0 Å². The van der Waals surface area contributed by atoms with Crippen molar-refractivity contribution in [3.8, 4) is 5.75 Å². The fraction of sp³-hybridized carbons (Fsp3) is 0.0833. The molecule has 0 aliphatic carbocycles. The van der Waals surface area contributed by atoms with Crippen LogP contribution in [0.3, 0.4) is 0 Å². The molecule has 0 unspecified atom stereocenters. The number of aromatic hydroxyl groups is 1. The number of para-hydroxylation sites is 2. The van der Waals surface area contributed by atoms with Crippen LogP contribution in [0.25, 0.3) is 10.9 Å². The van der Waals surface area contributed by atoms with Gasteiger partial charge in [0.1, 0.15) is 5.75 Å². The Morgan fingerprint density at radius 1 is 1.03 bits per heavy atom. The Hall–Kier alpha value is -3.86. The molecule has 5 nitrogen and oxygen atoms in total. The molecule has 144 valence electrons. The number of nitrogens with one attached hydrogen (secondary N) is 1. The second-order valence-electron chi connectivity index (χ2n) is 6.87. The number of phenolic OH excluding ortho intramolecular Hbond substituents is 1. The van der Waals surface area contributed by atoms with Crippen LogP contribution < -0.4 is 5.43 Å². The van der Waals surface area contributed by atoms with E-state index in [0.717, 1.165) is 23.0 Å². The summed E-state index contributed by atoms with van der Waals surface area (Å²) in [6.07, 6.45) is 3.67. The van der Waals surface area contributed by atoms with Gasteiger partial charge in [-0.15, -0.1) is 0 Å². The predicted molar refractivity (Wildman–Crippen MR) is 115 cm³/mol. The first-order chi connectivity index (χ1) is 14.1. The molecule has 4 rings (SSSR count). The molecule has 1 heterocycles. The first-order valence-corrected chi connectivity index (χ1v) is 9.37. The molecule has 5 heteroatoms. The highest BCUT2D eigenvalue weighted by Crippen LogP contribution is 2.22. The number of hydrazone groups is 1. The molecule has 2 N–H and O–H groups in total. The minimum absolute atomic E-state index is 0.0740. The molecule has 0 aliphatic heterocycles. The molecule has 0 spiro atoms. The van der Waals surface area contributed by atoms with Crippen LogP contribution in [-0.2, 0) is 6.54 Å². The van der Waals surface area contributed by atoms with Crippen molar-refractivity contribution in [1.29, 1.82) is 0 Å². The first kappa shape index (κ1) is 18.5. The minimum Gasteiger partial charge on any atom is -0.507 e. The Kier molecular flexibility index (Phi) is 5.12. The highest BCUT2D eigenvalue weighted by Gasteiger charge is 2.10. The maximum absolute atomic E-state index is 12.2. The quantitative estimate of drug-likeness (QED) is 0.394. The van der Waals surface area contributed by atoms with Crippen molar-refractivity contribution in [3.63, 3.8) is 0 Å². The number of fused-ring (bicyclic) bond motifs is 1. The summed E-state index contributed by atoms with van der Waals surface area (Å²) in [7, 11) is 0. The molecular formula is C24H21N3O2. The predicted octanol–water partition coefficient (Wildman–Crippen LogP) is 4.47. The molecule has 3 aromatic carbocycles. The van der Waals surface area contributed by atoms with Gasteiger partial charge >= 0.3 is 0 Å². The zero-order valence-electron chi connectivity index (χ0n) is 16.0. The van der Waals surface area contributed by atoms with Crippen LogP contribution >= 0.6 is 0 Å². The number of phenols is 1. The van der Waals surface area contributed by atoms with Gasteiger partial charge in [-0.25, -0.2) is 5.43 Å². The van der Waals surface area contributed by atoms with Crippen molar-refractivity contribution in [2.24, 2.45) is 5.10 Å². The van der Waals surface area contributed by atoms with Crippen LogP contribution in [0.1, 0.15) is 27.0 Å². The van der Waals surface area contributed by atoms with E-state index in [4.69, 9.17) is 0 Å². The van der Waals surface area contributed by atoms with Crippen molar-refractivity contribution in [2.45, 2.75) is 13.5 Å². The lowest BCUT2D eigenvalue weighted by atomic mass is 10.1. The Bertz CT molecular complexity index is 1210. The third-order valence-electron chi connectivity index (χ3n) is 4.94. The van der Waals surface area contributed by atoms with Gasteiger partial charge in [0.2, 0.25) is 0 Å². The van der Waals surface area contributed by atoms with Crippen molar-refractivity contribution >= 4 is 23.0 Å². The molecule has 0 aliphatic rings. The van der Waals surface area contributed by atoms with Crippen molar-refractivity contribution in [3.05, 3.63) is 101 Å². The van der Waals surface area contributed by atoms with Crippen molar-refractivity contribution in [1.82, 2.24) is 9.99 Å². The Labute approximate surface area is 168 Å². The molecule has 0 saturated heterocycles. The van der Waals surface area contributed by atoms with Crippen LogP contribution in [0, 0.1) is 6.92 Å². The maximum atomic E-state index is 12.2. The smallest absolute Gasteiger partial charge is 0.275 e. The van der Waals surface area contributed by atoms with E-state index in [1.54, 1.807) is 24.4 Å². The molecule has 0 atom stereocenters. The van der Waals surface area contributed by atoms with E-state index in [2.05, 4.69) is 40.2 Å². The SMILES string of the molecule is Cc1ccccc1Cn1cc(/C=N/NC(=O)c2ccccc2O)c2ccccc21. The second kappa shape index (κ2) is 8.02. The highest BCUT2D eigenvalue weighted by molar-refractivity contribution is 6.01. The molecule has 4 aromatic rings. The van der Waals surface area contributed by atoms with Gasteiger partial charge < -0.3 is 9.67 Å².